The number of cyclic esters (lactones) is 1. The van der Waals surface area contributed by atoms with Crippen LogP contribution < -0.4 is 16.8 Å². The third-order valence-corrected chi connectivity index (χ3v) is 8.08. The molecule has 1 aliphatic carbocycles. The van der Waals surface area contributed by atoms with Crippen molar-refractivity contribution < 1.29 is 14.6 Å². The maximum Gasteiger partial charge on any atom is 0.343 e. The first-order valence-electron chi connectivity index (χ1n) is 11.1. The van der Waals surface area contributed by atoms with Crippen molar-refractivity contribution in [1.29, 1.82) is 0 Å². The maximum absolute atomic E-state index is 13.5. The Bertz CT molecular complexity index is 1460. The molecule has 2 unspecified atom stereocenters. The number of rotatable bonds is 2. The number of aryl methyl sites for hydroxylation is 1. The van der Waals surface area contributed by atoms with Crippen LogP contribution in [0.4, 0.5) is 0 Å². The van der Waals surface area contributed by atoms with Crippen LogP contribution in [0.25, 0.3) is 22.3 Å². The van der Waals surface area contributed by atoms with Crippen LogP contribution in [-0.4, -0.2) is 20.6 Å². The smallest absolute Gasteiger partial charge is 0.343 e. The summed E-state index contributed by atoms with van der Waals surface area (Å²) in [5, 5.41) is 12.2. The van der Waals surface area contributed by atoms with E-state index >= 15 is 0 Å². The molecule has 170 valence electrons. The summed E-state index contributed by atoms with van der Waals surface area (Å²) in [7, 11) is 0. The second kappa shape index (κ2) is 6.89. The van der Waals surface area contributed by atoms with Crippen molar-refractivity contribution >= 4 is 29.5 Å². The summed E-state index contributed by atoms with van der Waals surface area (Å²) in [5.74, 6) is 5.23. The molecule has 0 radical (unpaired) electrons. The van der Waals surface area contributed by atoms with Crippen molar-refractivity contribution in [3.05, 3.63) is 55.9 Å². The van der Waals surface area contributed by atoms with Crippen molar-refractivity contribution in [3.8, 4) is 11.4 Å². The van der Waals surface area contributed by atoms with E-state index in [0.717, 1.165) is 45.3 Å². The first-order valence-corrected chi connectivity index (χ1v) is 11.6. The molecule has 4 heterocycles. The largest absolute Gasteiger partial charge is 0.458 e. The third kappa shape index (κ3) is 2.56. The number of nitrogens with two attached hydrogens (primary N) is 1. The highest BCUT2D eigenvalue weighted by Crippen LogP contribution is 2.46. The molecule has 6 rings (SSSR count). The Morgan fingerprint density at radius 2 is 2.12 bits per heavy atom. The lowest BCUT2D eigenvalue weighted by Gasteiger charge is -2.31. The Labute approximate surface area is 195 Å². The molecule has 0 bridgehead atoms. The van der Waals surface area contributed by atoms with E-state index in [-0.39, 0.29) is 24.6 Å². The summed E-state index contributed by atoms with van der Waals surface area (Å²) in [6.45, 7) is 3.97. The molecular weight excluding hydrogens is 440 g/mol. The maximum atomic E-state index is 13.5. The second-order valence-corrected chi connectivity index (χ2v) is 9.59. The van der Waals surface area contributed by atoms with Crippen molar-refractivity contribution in [2.75, 3.05) is 0 Å². The van der Waals surface area contributed by atoms with Gasteiger partial charge >= 0.3 is 5.97 Å². The van der Waals surface area contributed by atoms with Gasteiger partial charge in [0.2, 0.25) is 0 Å². The monoisotopic (exact) mass is 464 g/mol. The molecule has 9 heteroatoms. The van der Waals surface area contributed by atoms with E-state index in [1.807, 2.05) is 6.07 Å². The molecule has 0 saturated heterocycles. The summed E-state index contributed by atoms with van der Waals surface area (Å²) in [6.07, 6.45) is 1.80. The lowest BCUT2D eigenvalue weighted by molar-refractivity contribution is -0.172. The van der Waals surface area contributed by atoms with Gasteiger partial charge in [-0.1, -0.05) is 6.92 Å². The third-order valence-electron chi connectivity index (χ3n) is 7.62. The highest BCUT2D eigenvalue weighted by molar-refractivity contribution is 7.80. The molecule has 3 aromatic rings. The van der Waals surface area contributed by atoms with Gasteiger partial charge in [-0.25, -0.2) is 9.78 Å². The number of ether oxygens (including phenoxy) is 1. The summed E-state index contributed by atoms with van der Waals surface area (Å²) in [6, 6.07) is 3.63. The van der Waals surface area contributed by atoms with E-state index in [0.29, 0.717) is 29.1 Å². The Morgan fingerprint density at radius 3 is 2.85 bits per heavy atom. The van der Waals surface area contributed by atoms with Gasteiger partial charge in [0.25, 0.3) is 5.56 Å². The minimum absolute atomic E-state index is 0.0703. The number of fused-ring (bicyclic) bond motifs is 5. The molecule has 8 nitrogen and oxygen atoms in total. The fourth-order valence-corrected chi connectivity index (χ4v) is 6.00. The van der Waals surface area contributed by atoms with Crippen LogP contribution in [0.1, 0.15) is 59.2 Å². The van der Waals surface area contributed by atoms with Gasteiger partial charge < -0.3 is 14.4 Å². The molecule has 0 amide bonds. The number of thiol groups is 1. The Balaban J connectivity index is 1.70. The molecule has 0 fully saturated rings. The van der Waals surface area contributed by atoms with Crippen molar-refractivity contribution in [3.63, 3.8) is 0 Å². The molecule has 33 heavy (non-hydrogen) atoms. The van der Waals surface area contributed by atoms with Crippen LogP contribution in [0.2, 0.25) is 0 Å². The SMILES string of the molecule is CCC1(O)C(=O)OCc2c1cc1n(c2=O)Cc2c-1nc1cc(S)c(C)c3c1c2C(NN)CC3. The number of esters is 1. The molecule has 3 aliphatic rings. The second-order valence-electron chi connectivity index (χ2n) is 9.11. The summed E-state index contributed by atoms with van der Waals surface area (Å²) in [5.41, 5.74) is 7.91. The first-order chi connectivity index (χ1) is 15.8. The minimum Gasteiger partial charge on any atom is -0.458 e. The average Bonchev–Trinajstić information content (AvgIpc) is 3.18. The predicted octanol–water partition coefficient (Wildman–Crippen LogP) is 2.13. The van der Waals surface area contributed by atoms with E-state index in [2.05, 4.69) is 25.0 Å². The van der Waals surface area contributed by atoms with Gasteiger partial charge in [0, 0.05) is 27.5 Å². The van der Waals surface area contributed by atoms with Crippen LogP contribution in [0.15, 0.2) is 21.8 Å². The zero-order valence-electron chi connectivity index (χ0n) is 18.4. The van der Waals surface area contributed by atoms with Crippen molar-refractivity contribution in [1.82, 2.24) is 15.0 Å². The van der Waals surface area contributed by atoms with E-state index in [4.69, 9.17) is 15.6 Å². The highest BCUT2D eigenvalue weighted by atomic mass is 32.1. The molecule has 2 aromatic heterocycles. The van der Waals surface area contributed by atoms with Crippen LogP contribution in [0.5, 0.6) is 0 Å². The zero-order valence-corrected chi connectivity index (χ0v) is 19.3. The van der Waals surface area contributed by atoms with Crippen molar-refractivity contribution in [2.24, 2.45) is 5.84 Å². The molecule has 1 aromatic carbocycles. The Kier molecular flexibility index (Phi) is 4.36. The molecule has 2 aliphatic heterocycles. The molecule has 4 N–H and O–H groups in total. The van der Waals surface area contributed by atoms with E-state index in [1.165, 1.54) is 5.56 Å². The van der Waals surface area contributed by atoms with Crippen LogP contribution >= 0.6 is 12.6 Å². The molecule has 0 spiro atoms. The lowest BCUT2D eigenvalue weighted by Crippen LogP contribution is -2.44. The summed E-state index contributed by atoms with van der Waals surface area (Å²) >= 11 is 4.67. The van der Waals surface area contributed by atoms with Crippen LogP contribution in [0, 0.1) is 6.92 Å². The van der Waals surface area contributed by atoms with Gasteiger partial charge in [-0.15, -0.1) is 12.6 Å². The predicted molar refractivity (Wildman–Crippen MR) is 125 cm³/mol. The van der Waals surface area contributed by atoms with E-state index < -0.39 is 11.6 Å². The number of hydrogen-bond donors (Lipinski definition) is 4. The zero-order chi connectivity index (χ0) is 23.2. The lowest BCUT2D eigenvalue weighted by atomic mass is 9.82. The quantitative estimate of drug-likeness (QED) is 0.155. The minimum atomic E-state index is -1.85. The number of nitrogens with one attached hydrogen (secondary N) is 1. The summed E-state index contributed by atoms with van der Waals surface area (Å²) in [4.78, 5) is 31.8. The van der Waals surface area contributed by atoms with Gasteiger partial charge in [0.05, 0.1) is 29.0 Å². The average molecular weight is 465 g/mol. The molecule has 0 saturated carbocycles. The topological polar surface area (TPSA) is 119 Å². The Hall–Kier alpha value is -2.72. The fourth-order valence-electron chi connectivity index (χ4n) is 5.74. The van der Waals surface area contributed by atoms with Crippen LogP contribution in [0.3, 0.4) is 0 Å². The highest BCUT2D eigenvalue weighted by Gasteiger charge is 2.45. The van der Waals surface area contributed by atoms with Gasteiger partial charge in [-0.05, 0) is 55.0 Å². The van der Waals surface area contributed by atoms with Crippen molar-refractivity contribution in [2.45, 2.75) is 62.8 Å². The van der Waals surface area contributed by atoms with E-state index in [9.17, 15) is 14.7 Å². The van der Waals surface area contributed by atoms with E-state index in [1.54, 1.807) is 17.6 Å². The fraction of sp³-hybridized carbons (Fsp3) is 0.375. The Morgan fingerprint density at radius 1 is 1.33 bits per heavy atom. The number of nitrogens with zero attached hydrogens (tertiary/aromatic N) is 2. The standard InChI is InChI=1S/C24H24N4O4S/c1-3-24(31)14-6-17-21-12(8-28(17)22(29)13(14)9-32-23(24)30)20-15(27-25)5-4-11-10(2)18(33)7-16(26-21)19(11)20/h6-7,15,27,31,33H,3-5,8-9,25H2,1-2H3. The number of pyridine rings is 2. The van der Waals surface area contributed by atoms with Gasteiger partial charge in [0.15, 0.2) is 5.60 Å². The number of carbonyl (C=O) groups is 1. The van der Waals surface area contributed by atoms with Gasteiger partial charge in [-0.3, -0.25) is 16.1 Å². The molecular formula is C24H24N4O4S. The normalized spacial score (nSPS) is 22.7. The number of aliphatic hydroxyl groups is 1. The summed E-state index contributed by atoms with van der Waals surface area (Å²) < 4.78 is 6.83. The number of hydrazine groups is 1. The van der Waals surface area contributed by atoms with Gasteiger partial charge in [0.1, 0.15) is 6.61 Å². The van der Waals surface area contributed by atoms with Gasteiger partial charge in [-0.2, -0.15) is 0 Å². The number of benzene rings is 1. The number of carbonyl (C=O) groups excluding carboxylic acids is 1. The first kappa shape index (κ1) is 20.9. The molecule has 2 atom stereocenters. The number of hydrogen-bond acceptors (Lipinski definition) is 8. The van der Waals surface area contributed by atoms with Crippen LogP contribution in [-0.2, 0) is 34.7 Å². The number of aromatic nitrogens is 2.